The molecule has 1 amide bonds. The van der Waals surface area contributed by atoms with Crippen molar-refractivity contribution in [3.05, 3.63) is 29.3 Å². The predicted octanol–water partition coefficient (Wildman–Crippen LogP) is 0.708. The van der Waals surface area contributed by atoms with Crippen molar-refractivity contribution in [1.82, 2.24) is 0 Å². The first-order chi connectivity index (χ1) is 7.15. The lowest BCUT2D eigenvalue weighted by atomic mass is 10.1. The van der Waals surface area contributed by atoms with Crippen molar-refractivity contribution in [2.24, 2.45) is 11.5 Å². The molecule has 4 N–H and O–H groups in total. The first kappa shape index (κ1) is 11.5. The fraction of sp³-hybridized carbons (Fsp3) is 0.364. The molecular formula is C11H16N2O2. The number of aryl methyl sites for hydroxylation is 1. The maximum absolute atomic E-state index is 10.5. The Bertz CT molecular complexity index is 350. The highest BCUT2D eigenvalue weighted by molar-refractivity contribution is 5.73. The van der Waals surface area contributed by atoms with E-state index in [1.54, 1.807) is 0 Å². The van der Waals surface area contributed by atoms with Crippen LogP contribution in [0, 0.1) is 6.92 Å². The minimum Gasteiger partial charge on any atom is -0.492 e. The van der Waals surface area contributed by atoms with E-state index in [1.165, 1.54) is 0 Å². The summed E-state index contributed by atoms with van der Waals surface area (Å²) in [5, 5.41) is 0. The number of hydrogen-bond acceptors (Lipinski definition) is 3. The number of rotatable bonds is 5. The molecule has 4 nitrogen and oxygen atoms in total. The van der Waals surface area contributed by atoms with E-state index in [2.05, 4.69) is 0 Å². The van der Waals surface area contributed by atoms with Gasteiger partial charge in [0.15, 0.2) is 0 Å². The van der Waals surface area contributed by atoms with Gasteiger partial charge in [0.1, 0.15) is 5.75 Å². The van der Waals surface area contributed by atoms with Crippen LogP contribution in [0.3, 0.4) is 0 Å². The van der Waals surface area contributed by atoms with Crippen LogP contribution in [0.15, 0.2) is 18.2 Å². The minimum absolute atomic E-state index is 0.221. The van der Waals surface area contributed by atoms with Crippen molar-refractivity contribution < 1.29 is 9.53 Å². The third-order valence-corrected chi connectivity index (χ3v) is 2.11. The zero-order valence-electron chi connectivity index (χ0n) is 8.82. The van der Waals surface area contributed by atoms with Crippen molar-refractivity contribution in [3.63, 3.8) is 0 Å². The van der Waals surface area contributed by atoms with Crippen LogP contribution in [0.2, 0.25) is 0 Å². The maximum Gasteiger partial charge on any atom is 0.220 e. The summed E-state index contributed by atoms with van der Waals surface area (Å²) in [4.78, 5) is 10.5. The molecule has 82 valence electrons. The Hall–Kier alpha value is -1.55. The molecule has 0 heterocycles. The molecule has 0 fully saturated rings. The molecule has 1 rings (SSSR count). The Kier molecular flexibility index (Phi) is 4.12. The Balaban J connectivity index is 2.70. The minimum atomic E-state index is -0.363. The number of primary amides is 1. The number of benzene rings is 1. The summed E-state index contributed by atoms with van der Waals surface area (Å²) in [6, 6.07) is 5.78. The van der Waals surface area contributed by atoms with Gasteiger partial charge in [-0.25, -0.2) is 0 Å². The average molecular weight is 208 g/mol. The molecule has 0 aliphatic heterocycles. The van der Waals surface area contributed by atoms with Gasteiger partial charge in [0, 0.05) is 12.1 Å². The van der Waals surface area contributed by atoms with Gasteiger partial charge in [0.05, 0.1) is 13.0 Å². The molecule has 0 atom stereocenters. The topological polar surface area (TPSA) is 78.3 Å². The van der Waals surface area contributed by atoms with Gasteiger partial charge in [-0.1, -0.05) is 18.2 Å². The van der Waals surface area contributed by atoms with Gasteiger partial charge >= 0.3 is 0 Å². The zero-order valence-corrected chi connectivity index (χ0v) is 8.82. The first-order valence-electron chi connectivity index (χ1n) is 4.84. The number of amides is 1. The molecule has 0 aromatic heterocycles. The summed E-state index contributed by atoms with van der Waals surface area (Å²) in [5.41, 5.74) is 12.6. The number of carbonyl (C=O) groups is 1. The van der Waals surface area contributed by atoms with E-state index < -0.39 is 0 Å². The van der Waals surface area contributed by atoms with Crippen LogP contribution >= 0.6 is 0 Å². The van der Waals surface area contributed by atoms with E-state index in [0.29, 0.717) is 13.2 Å². The molecule has 0 bridgehead atoms. The molecule has 0 aliphatic carbocycles. The molecule has 4 heteroatoms. The lowest BCUT2D eigenvalue weighted by molar-refractivity contribution is -0.118. The molecule has 1 aromatic carbocycles. The van der Waals surface area contributed by atoms with Crippen LogP contribution in [0.5, 0.6) is 5.75 Å². The van der Waals surface area contributed by atoms with E-state index in [-0.39, 0.29) is 12.3 Å². The number of para-hydroxylation sites is 1. The SMILES string of the molecule is Cc1cccc(CN)c1OCCC(N)=O. The Morgan fingerprint density at radius 1 is 1.47 bits per heavy atom. The summed E-state index contributed by atoms with van der Waals surface area (Å²) in [6.45, 7) is 2.67. The molecule has 0 saturated carbocycles. The second-order valence-electron chi connectivity index (χ2n) is 3.33. The van der Waals surface area contributed by atoms with E-state index in [1.807, 2.05) is 25.1 Å². The van der Waals surface area contributed by atoms with Crippen LogP contribution in [-0.4, -0.2) is 12.5 Å². The number of carbonyl (C=O) groups excluding carboxylic acids is 1. The highest BCUT2D eigenvalue weighted by atomic mass is 16.5. The van der Waals surface area contributed by atoms with Crippen LogP contribution in [0.4, 0.5) is 0 Å². The van der Waals surface area contributed by atoms with Crippen molar-refractivity contribution >= 4 is 5.91 Å². The van der Waals surface area contributed by atoms with Gasteiger partial charge in [0.25, 0.3) is 0 Å². The Morgan fingerprint density at radius 2 is 2.20 bits per heavy atom. The van der Waals surface area contributed by atoms with Crippen molar-refractivity contribution in [1.29, 1.82) is 0 Å². The normalized spacial score (nSPS) is 10.0. The number of ether oxygens (including phenoxy) is 1. The lowest BCUT2D eigenvalue weighted by Crippen LogP contribution is -2.15. The highest BCUT2D eigenvalue weighted by Crippen LogP contribution is 2.22. The molecule has 0 unspecified atom stereocenters. The standard InChI is InChI=1S/C11H16N2O2/c1-8-3-2-4-9(7-12)11(8)15-6-5-10(13)14/h2-4H,5-7,12H2,1H3,(H2,13,14). The van der Waals surface area contributed by atoms with Crippen LogP contribution in [0.25, 0.3) is 0 Å². The van der Waals surface area contributed by atoms with Gasteiger partial charge in [-0.3, -0.25) is 4.79 Å². The fourth-order valence-corrected chi connectivity index (χ4v) is 1.33. The Morgan fingerprint density at radius 3 is 2.80 bits per heavy atom. The molecule has 0 spiro atoms. The lowest BCUT2D eigenvalue weighted by Gasteiger charge is -2.12. The van der Waals surface area contributed by atoms with Gasteiger partial charge in [0.2, 0.25) is 5.91 Å². The summed E-state index contributed by atoms with van der Waals surface area (Å²) in [7, 11) is 0. The third-order valence-electron chi connectivity index (χ3n) is 2.11. The molecule has 0 aliphatic rings. The quantitative estimate of drug-likeness (QED) is 0.748. The summed E-state index contributed by atoms with van der Waals surface area (Å²) < 4.78 is 5.49. The van der Waals surface area contributed by atoms with Gasteiger partial charge in [-0.2, -0.15) is 0 Å². The van der Waals surface area contributed by atoms with Crippen LogP contribution in [-0.2, 0) is 11.3 Å². The van der Waals surface area contributed by atoms with E-state index in [0.717, 1.165) is 16.9 Å². The molecular weight excluding hydrogens is 192 g/mol. The van der Waals surface area contributed by atoms with Crippen molar-refractivity contribution in [2.75, 3.05) is 6.61 Å². The van der Waals surface area contributed by atoms with E-state index >= 15 is 0 Å². The smallest absolute Gasteiger partial charge is 0.220 e. The monoisotopic (exact) mass is 208 g/mol. The number of hydrogen-bond donors (Lipinski definition) is 2. The van der Waals surface area contributed by atoms with E-state index in [9.17, 15) is 4.79 Å². The maximum atomic E-state index is 10.5. The number of nitrogens with two attached hydrogens (primary N) is 2. The second kappa shape index (κ2) is 5.36. The van der Waals surface area contributed by atoms with Crippen molar-refractivity contribution in [3.8, 4) is 5.75 Å². The largest absolute Gasteiger partial charge is 0.492 e. The first-order valence-corrected chi connectivity index (χ1v) is 4.84. The molecule has 0 radical (unpaired) electrons. The fourth-order valence-electron chi connectivity index (χ4n) is 1.33. The summed E-state index contributed by atoms with van der Waals surface area (Å²) in [6.07, 6.45) is 0.221. The molecule has 1 aromatic rings. The average Bonchev–Trinajstić information content (AvgIpc) is 2.20. The zero-order chi connectivity index (χ0) is 11.3. The Labute approximate surface area is 89.2 Å². The second-order valence-corrected chi connectivity index (χ2v) is 3.33. The summed E-state index contributed by atoms with van der Waals surface area (Å²) >= 11 is 0. The van der Waals surface area contributed by atoms with Crippen LogP contribution < -0.4 is 16.2 Å². The van der Waals surface area contributed by atoms with E-state index in [4.69, 9.17) is 16.2 Å². The van der Waals surface area contributed by atoms with Gasteiger partial charge < -0.3 is 16.2 Å². The third kappa shape index (κ3) is 3.25. The highest BCUT2D eigenvalue weighted by Gasteiger charge is 2.05. The van der Waals surface area contributed by atoms with Crippen molar-refractivity contribution in [2.45, 2.75) is 19.9 Å². The molecule has 0 saturated heterocycles. The van der Waals surface area contributed by atoms with Gasteiger partial charge in [-0.15, -0.1) is 0 Å². The van der Waals surface area contributed by atoms with Gasteiger partial charge in [-0.05, 0) is 12.5 Å². The summed E-state index contributed by atoms with van der Waals surface area (Å²) in [5.74, 6) is 0.402. The molecule has 15 heavy (non-hydrogen) atoms. The predicted molar refractivity (Wildman–Crippen MR) is 58.4 cm³/mol. The van der Waals surface area contributed by atoms with Crippen LogP contribution in [0.1, 0.15) is 17.5 Å².